The molecule has 1 aliphatic heterocycles. The van der Waals surface area contributed by atoms with Crippen LogP contribution in [0.3, 0.4) is 0 Å². The molecule has 1 aliphatic rings. The highest BCUT2D eigenvalue weighted by molar-refractivity contribution is 8.13. The molecule has 0 radical (unpaired) electrons. The molecule has 1 saturated heterocycles. The van der Waals surface area contributed by atoms with Gasteiger partial charge in [-0.2, -0.15) is 4.31 Å². The number of ether oxygens (including phenoxy) is 1. The summed E-state index contributed by atoms with van der Waals surface area (Å²) in [7, 11) is -16.4. The van der Waals surface area contributed by atoms with Gasteiger partial charge in [-0.05, 0) is 5.92 Å². The van der Waals surface area contributed by atoms with Crippen molar-refractivity contribution in [3.8, 4) is 0 Å². The van der Waals surface area contributed by atoms with Crippen LogP contribution in [-0.4, -0.2) is 129 Å². The number of aliphatic hydroxyl groups is 2. The highest BCUT2D eigenvalue weighted by Gasteiger charge is 2.50. The molecule has 7 unspecified atom stereocenters. The summed E-state index contributed by atoms with van der Waals surface area (Å²) in [6, 6.07) is -0.613. The Hall–Kier alpha value is -2.48. The molecule has 0 bridgehead atoms. The molecule has 2 aromatic heterocycles. The Balaban J connectivity index is 1.49. The van der Waals surface area contributed by atoms with E-state index in [2.05, 4.69) is 34.4 Å². The maximum absolute atomic E-state index is 12.7. The lowest BCUT2D eigenvalue weighted by Gasteiger charge is -2.30. The zero-order valence-corrected chi connectivity index (χ0v) is 34.0. The number of anilines is 1. The van der Waals surface area contributed by atoms with E-state index in [9.17, 15) is 57.9 Å². The summed E-state index contributed by atoms with van der Waals surface area (Å²) < 4.78 is 62.1. The van der Waals surface area contributed by atoms with Crippen molar-refractivity contribution in [3.05, 3.63) is 12.7 Å². The molecule has 25 nitrogen and oxygen atoms in total. The van der Waals surface area contributed by atoms with E-state index in [0.717, 1.165) is 35.4 Å². The minimum atomic E-state index is -5.57. The number of aromatic nitrogens is 4. The average molecular weight is 881 g/mol. The molecule has 2 aromatic rings. The lowest BCUT2D eigenvalue weighted by atomic mass is 9.87. The van der Waals surface area contributed by atoms with Crippen molar-refractivity contribution in [1.82, 2.24) is 30.2 Å². The maximum Gasteiger partial charge on any atom is 0.481 e. The molecule has 2 amide bonds. The minimum Gasteiger partial charge on any atom is -0.386 e. The van der Waals surface area contributed by atoms with Crippen LogP contribution in [0.4, 0.5) is 5.82 Å². The van der Waals surface area contributed by atoms with E-state index < -0.39 is 90.6 Å². The molecular weight excluding hydrogens is 833 g/mol. The van der Waals surface area contributed by atoms with Crippen molar-refractivity contribution in [2.45, 2.75) is 77.2 Å². The molecule has 0 saturated carbocycles. The van der Waals surface area contributed by atoms with Gasteiger partial charge in [0.05, 0.1) is 25.6 Å². The molecule has 0 aromatic carbocycles. The van der Waals surface area contributed by atoms with E-state index in [0.29, 0.717) is 0 Å². The first-order valence-electron chi connectivity index (χ1n) is 16.7. The number of carbonyl (C=O) groups is 3. The number of nitrogens with one attached hydrogen (secondary N) is 2. The number of nitrogens with zero attached hydrogens (tertiary/aromatic N) is 4. The van der Waals surface area contributed by atoms with Crippen molar-refractivity contribution in [2.75, 3.05) is 37.8 Å². The van der Waals surface area contributed by atoms with Gasteiger partial charge in [0.1, 0.15) is 36.3 Å². The Morgan fingerprint density at radius 3 is 2.38 bits per heavy atom. The van der Waals surface area contributed by atoms with Crippen LogP contribution in [0.2, 0.25) is 0 Å². The SMILES string of the molecule is CC[C@H](C)[C@H](N)C(=O)SCCNC(=O)CCNC(=O)C(O)C(C)(C)COP(=O)(O)OP(=O)(O)OCC1OC(n2cnc3c(N)ncnc32)C(O)C1OP(=O)(O)O. The highest BCUT2D eigenvalue weighted by Crippen LogP contribution is 2.61. The van der Waals surface area contributed by atoms with Gasteiger partial charge in [0.2, 0.25) is 16.9 Å². The van der Waals surface area contributed by atoms with Gasteiger partial charge in [0, 0.05) is 30.7 Å². The van der Waals surface area contributed by atoms with Crippen LogP contribution in [-0.2, 0) is 50.7 Å². The molecule has 0 aliphatic carbocycles. The number of phosphoric ester groups is 3. The summed E-state index contributed by atoms with van der Waals surface area (Å²) in [6.45, 7) is 4.21. The number of imidazole rings is 1. The highest BCUT2D eigenvalue weighted by atomic mass is 32.2. The van der Waals surface area contributed by atoms with Gasteiger partial charge in [-0.3, -0.25) is 32.5 Å². The summed E-state index contributed by atoms with van der Waals surface area (Å²) in [4.78, 5) is 87.7. The maximum atomic E-state index is 12.7. The van der Waals surface area contributed by atoms with E-state index in [1.807, 2.05) is 13.8 Å². The number of rotatable bonds is 22. The molecular formula is C27H47N8O17P3S. The average Bonchev–Trinajstić information content (AvgIpc) is 3.67. The summed E-state index contributed by atoms with van der Waals surface area (Å²) >= 11 is 0.997. The van der Waals surface area contributed by atoms with Gasteiger partial charge in [0.15, 0.2) is 17.7 Å². The molecule has 0 spiro atoms. The van der Waals surface area contributed by atoms with E-state index >= 15 is 0 Å². The normalized spacial score (nSPS) is 22.8. The third-order valence-electron chi connectivity index (χ3n) is 8.28. The van der Waals surface area contributed by atoms with Crippen LogP contribution < -0.4 is 22.1 Å². The smallest absolute Gasteiger partial charge is 0.386 e. The lowest BCUT2D eigenvalue weighted by molar-refractivity contribution is -0.137. The Labute approximate surface area is 324 Å². The second-order valence-electron chi connectivity index (χ2n) is 13.1. The minimum absolute atomic E-state index is 0.0166. The number of carbonyl (C=O) groups excluding carboxylic acids is 3. The Kier molecular flexibility index (Phi) is 17.1. The monoisotopic (exact) mass is 880 g/mol. The topological polar surface area (TPSA) is 390 Å². The van der Waals surface area contributed by atoms with Crippen molar-refractivity contribution in [1.29, 1.82) is 0 Å². The largest absolute Gasteiger partial charge is 0.481 e. The lowest BCUT2D eigenvalue weighted by Crippen LogP contribution is -2.46. The van der Waals surface area contributed by atoms with E-state index in [4.69, 9.17) is 25.3 Å². The van der Waals surface area contributed by atoms with Gasteiger partial charge in [0.25, 0.3) is 0 Å². The number of nitrogens with two attached hydrogens (primary N) is 2. The van der Waals surface area contributed by atoms with Crippen molar-refractivity contribution in [2.24, 2.45) is 17.1 Å². The molecule has 9 atom stereocenters. The first-order valence-corrected chi connectivity index (χ1v) is 22.2. The Morgan fingerprint density at radius 1 is 1.07 bits per heavy atom. The summed E-state index contributed by atoms with van der Waals surface area (Å²) in [6.07, 6.45) is -6.21. The molecule has 3 heterocycles. The number of aliphatic hydroxyl groups excluding tert-OH is 2. The van der Waals surface area contributed by atoms with Crippen LogP contribution in [0.25, 0.3) is 11.2 Å². The van der Waals surface area contributed by atoms with Crippen LogP contribution in [0.1, 0.15) is 46.8 Å². The number of fused-ring (bicyclic) bond motifs is 1. The van der Waals surface area contributed by atoms with Crippen LogP contribution >= 0.6 is 35.2 Å². The van der Waals surface area contributed by atoms with Gasteiger partial charge < -0.3 is 56.6 Å². The fourth-order valence-corrected chi connectivity index (χ4v) is 8.52. The molecule has 29 heteroatoms. The molecule has 318 valence electrons. The van der Waals surface area contributed by atoms with E-state index in [1.54, 1.807) is 0 Å². The Morgan fingerprint density at radius 2 is 1.73 bits per heavy atom. The van der Waals surface area contributed by atoms with Gasteiger partial charge in [-0.1, -0.05) is 45.9 Å². The van der Waals surface area contributed by atoms with Gasteiger partial charge in [-0.15, -0.1) is 0 Å². The number of hydrogen-bond acceptors (Lipinski definition) is 19. The number of thioether (sulfide) groups is 1. The third kappa shape index (κ3) is 13.8. The van der Waals surface area contributed by atoms with Crippen molar-refractivity contribution in [3.63, 3.8) is 0 Å². The van der Waals surface area contributed by atoms with Crippen LogP contribution in [0.5, 0.6) is 0 Å². The second kappa shape index (κ2) is 20.0. The molecule has 3 rings (SSSR count). The van der Waals surface area contributed by atoms with Crippen LogP contribution in [0, 0.1) is 11.3 Å². The molecule has 56 heavy (non-hydrogen) atoms. The fourth-order valence-electron chi connectivity index (χ4n) is 4.86. The fraction of sp³-hybridized carbons (Fsp3) is 0.704. The first-order chi connectivity index (χ1) is 25.9. The standard InChI is InChI=1S/C27H47N8O17P3S/c1-5-14(2)17(28)26(40)56-9-8-30-16(36)6-7-31-24(39)21(38)27(3,4)11-49-55(46,47)52-54(44,45)48-10-15-20(51-53(41,42)43)19(37)25(50-15)35-13-34-18-22(29)32-12-33-23(18)35/h12-15,17,19-21,25,37-38H,5-11,28H2,1-4H3,(H,30,36)(H,31,39)(H,44,45)(H,46,47)(H2,29,32,33)(H2,41,42,43)/t14-,15?,17-,19?,20?,21?,25?/m0/s1. The van der Waals surface area contributed by atoms with Crippen molar-refractivity contribution >= 4 is 69.1 Å². The van der Waals surface area contributed by atoms with E-state index in [-0.39, 0.29) is 53.3 Å². The Bertz CT molecular complexity index is 1840. The zero-order chi connectivity index (χ0) is 42.2. The number of amides is 2. The van der Waals surface area contributed by atoms with Gasteiger partial charge in [-0.25, -0.2) is 28.6 Å². The number of hydrogen-bond donors (Lipinski definition) is 10. The summed E-state index contributed by atoms with van der Waals surface area (Å²) in [5, 5.41) is 26.2. The predicted octanol–water partition coefficient (Wildman–Crippen LogP) is -0.962. The number of nitrogen functional groups attached to an aromatic ring is 1. The zero-order valence-electron chi connectivity index (χ0n) is 30.5. The summed E-state index contributed by atoms with van der Waals surface area (Å²) in [5.41, 5.74) is 10.1. The molecule has 12 N–H and O–H groups in total. The summed E-state index contributed by atoms with van der Waals surface area (Å²) in [5.74, 6) is -1.18. The number of phosphoric acid groups is 3. The van der Waals surface area contributed by atoms with Crippen molar-refractivity contribution < 1.29 is 80.5 Å². The first kappa shape index (κ1) is 47.9. The van der Waals surface area contributed by atoms with Crippen LogP contribution in [0.15, 0.2) is 12.7 Å². The van der Waals surface area contributed by atoms with Gasteiger partial charge >= 0.3 is 23.5 Å². The predicted molar refractivity (Wildman–Crippen MR) is 195 cm³/mol. The quantitative estimate of drug-likeness (QED) is 0.0503. The van der Waals surface area contributed by atoms with E-state index in [1.165, 1.54) is 13.8 Å². The second-order valence-corrected chi connectivity index (χ2v) is 18.5. The third-order valence-corrected chi connectivity index (χ3v) is 12.3. The molecule has 1 fully saturated rings.